The maximum absolute atomic E-state index is 12.9. The van der Waals surface area contributed by atoms with Crippen LogP contribution in [-0.4, -0.2) is 19.2 Å². The van der Waals surface area contributed by atoms with E-state index in [4.69, 9.17) is 9.15 Å². The summed E-state index contributed by atoms with van der Waals surface area (Å²) in [5.41, 5.74) is 1.91. The number of hydrogen-bond donors (Lipinski definition) is 0. The van der Waals surface area contributed by atoms with E-state index in [2.05, 4.69) is 4.74 Å². The first-order valence-corrected chi connectivity index (χ1v) is 7.88. The van der Waals surface area contributed by atoms with E-state index in [1.165, 1.54) is 14.0 Å². The van der Waals surface area contributed by atoms with Crippen LogP contribution in [-0.2, 0) is 9.53 Å². The van der Waals surface area contributed by atoms with Crippen molar-refractivity contribution in [2.45, 2.75) is 20.0 Å². The fourth-order valence-electron chi connectivity index (χ4n) is 2.52. The Morgan fingerprint density at radius 3 is 2.44 bits per heavy atom. The van der Waals surface area contributed by atoms with E-state index in [1.807, 2.05) is 31.2 Å². The van der Waals surface area contributed by atoms with Crippen LogP contribution in [0.1, 0.15) is 12.5 Å². The van der Waals surface area contributed by atoms with Gasteiger partial charge >= 0.3 is 5.97 Å². The van der Waals surface area contributed by atoms with Crippen LogP contribution in [0.5, 0.6) is 5.75 Å². The molecule has 25 heavy (non-hydrogen) atoms. The van der Waals surface area contributed by atoms with Gasteiger partial charge in [0.15, 0.2) is 11.9 Å². The summed E-state index contributed by atoms with van der Waals surface area (Å²) in [5, 5.41) is 0.394. The van der Waals surface area contributed by atoms with Crippen molar-refractivity contribution in [1.29, 1.82) is 0 Å². The number of benzene rings is 2. The van der Waals surface area contributed by atoms with Crippen LogP contribution >= 0.6 is 0 Å². The van der Waals surface area contributed by atoms with Gasteiger partial charge in [0.05, 0.1) is 12.5 Å². The van der Waals surface area contributed by atoms with Crippen LogP contribution in [0, 0.1) is 6.92 Å². The van der Waals surface area contributed by atoms with Crippen molar-refractivity contribution in [3.63, 3.8) is 0 Å². The van der Waals surface area contributed by atoms with E-state index in [1.54, 1.807) is 24.3 Å². The first kappa shape index (κ1) is 16.8. The van der Waals surface area contributed by atoms with E-state index >= 15 is 0 Å². The number of rotatable bonds is 4. The van der Waals surface area contributed by atoms with E-state index in [0.29, 0.717) is 22.3 Å². The molecule has 0 saturated carbocycles. The monoisotopic (exact) mass is 338 g/mol. The average molecular weight is 338 g/mol. The average Bonchev–Trinajstić information content (AvgIpc) is 2.63. The molecule has 0 saturated heterocycles. The lowest BCUT2D eigenvalue weighted by molar-refractivity contribution is -0.147. The Kier molecular flexibility index (Phi) is 4.57. The van der Waals surface area contributed by atoms with Gasteiger partial charge in [0.25, 0.3) is 0 Å². The van der Waals surface area contributed by atoms with Gasteiger partial charge in [-0.1, -0.05) is 42.0 Å². The fraction of sp³-hybridized carbons (Fsp3) is 0.200. The molecule has 0 aliphatic heterocycles. The second-order valence-electron chi connectivity index (χ2n) is 5.73. The minimum atomic E-state index is -0.932. The molecule has 0 amide bonds. The molecule has 1 aromatic heterocycles. The second kappa shape index (κ2) is 6.81. The highest BCUT2D eigenvalue weighted by Crippen LogP contribution is 2.31. The molecule has 1 heterocycles. The number of ether oxygens (including phenoxy) is 2. The molecule has 5 heteroatoms. The summed E-state index contributed by atoms with van der Waals surface area (Å²) in [6.45, 7) is 3.50. The summed E-state index contributed by atoms with van der Waals surface area (Å²) in [6, 6.07) is 14.4. The zero-order valence-electron chi connectivity index (χ0n) is 14.2. The zero-order chi connectivity index (χ0) is 18.0. The van der Waals surface area contributed by atoms with Crippen molar-refractivity contribution in [2.24, 2.45) is 0 Å². The molecular weight excluding hydrogens is 320 g/mol. The number of methoxy groups -OCH3 is 1. The smallest absolute Gasteiger partial charge is 0.346 e. The number of carbonyl (C=O) groups excluding carboxylic acids is 1. The van der Waals surface area contributed by atoms with Crippen LogP contribution in [0.4, 0.5) is 0 Å². The third-order valence-corrected chi connectivity index (χ3v) is 3.90. The van der Waals surface area contributed by atoms with Crippen molar-refractivity contribution < 1.29 is 18.7 Å². The van der Waals surface area contributed by atoms with Crippen molar-refractivity contribution in [2.75, 3.05) is 7.11 Å². The molecule has 0 fully saturated rings. The first-order chi connectivity index (χ1) is 12.0. The molecule has 0 spiro atoms. The van der Waals surface area contributed by atoms with Gasteiger partial charge < -0.3 is 13.9 Å². The predicted molar refractivity (Wildman–Crippen MR) is 94.8 cm³/mol. The number of aryl methyl sites for hydroxylation is 1. The highest BCUT2D eigenvalue weighted by atomic mass is 16.6. The lowest BCUT2D eigenvalue weighted by Gasteiger charge is -2.15. The summed E-state index contributed by atoms with van der Waals surface area (Å²) in [5.74, 6) is -0.276. The molecule has 128 valence electrons. The Balaban J connectivity index is 2.22. The highest BCUT2D eigenvalue weighted by Gasteiger charge is 2.23. The third-order valence-electron chi connectivity index (χ3n) is 3.90. The third kappa shape index (κ3) is 3.26. The SMILES string of the molecule is COC(=O)C(C)Oc1c(-c2ccc(C)cc2)oc2ccccc2c1=O. The first-order valence-electron chi connectivity index (χ1n) is 7.88. The number of carbonyl (C=O) groups is 1. The van der Waals surface area contributed by atoms with Gasteiger partial charge in [0, 0.05) is 5.56 Å². The summed E-state index contributed by atoms with van der Waals surface area (Å²) in [7, 11) is 1.27. The molecule has 3 aromatic rings. The minimum Gasteiger partial charge on any atom is -0.471 e. The summed E-state index contributed by atoms with van der Waals surface area (Å²) < 4.78 is 16.3. The molecule has 3 rings (SSSR count). The Morgan fingerprint density at radius 1 is 1.08 bits per heavy atom. The molecule has 1 atom stereocenters. The van der Waals surface area contributed by atoms with Gasteiger partial charge in [0.1, 0.15) is 5.58 Å². The van der Waals surface area contributed by atoms with Crippen LogP contribution in [0.15, 0.2) is 57.7 Å². The van der Waals surface area contributed by atoms with Crippen molar-refractivity contribution in [1.82, 2.24) is 0 Å². The largest absolute Gasteiger partial charge is 0.471 e. The second-order valence-corrected chi connectivity index (χ2v) is 5.73. The molecule has 0 aliphatic rings. The van der Waals surface area contributed by atoms with Gasteiger partial charge in [-0.15, -0.1) is 0 Å². The summed E-state index contributed by atoms with van der Waals surface area (Å²) in [6.07, 6.45) is -0.932. The Labute approximate surface area is 144 Å². The van der Waals surface area contributed by atoms with Gasteiger partial charge in [-0.2, -0.15) is 0 Å². The van der Waals surface area contributed by atoms with E-state index in [0.717, 1.165) is 5.56 Å². The van der Waals surface area contributed by atoms with Gasteiger partial charge in [-0.25, -0.2) is 4.79 Å². The Bertz CT molecular complexity index is 970. The lowest BCUT2D eigenvalue weighted by atomic mass is 10.1. The number of esters is 1. The van der Waals surface area contributed by atoms with Crippen molar-refractivity contribution in [3.05, 3.63) is 64.3 Å². The maximum Gasteiger partial charge on any atom is 0.346 e. The quantitative estimate of drug-likeness (QED) is 0.679. The van der Waals surface area contributed by atoms with Crippen LogP contribution < -0.4 is 10.2 Å². The molecular formula is C20H18O5. The number of para-hydroxylation sites is 1. The maximum atomic E-state index is 12.9. The molecule has 0 radical (unpaired) electrons. The molecule has 0 N–H and O–H groups in total. The van der Waals surface area contributed by atoms with Gasteiger partial charge in [-0.3, -0.25) is 4.79 Å². The standard InChI is InChI=1S/C20H18O5/c1-12-8-10-14(11-9-12)18-19(24-13(2)20(22)23-3)17(21)15-6-4-5-7-16(15)25-18/h4-11,13H,1-3H3. The molecule has 0 bridgehead atoms. The Morgan fingerprint density at radius 2 is 1.76 bits per heavy atom. The molecule has 0 aliphatic carbocycles. The lowest BCUT2D eigenvalue weighted by Crippen LogP contribution is -2.27. The van der Waals surface area contributed by atoms with E-state index in [9.17, 15) is 9.59 Å². The highest BCUT2D eigenvalue weighted by molar-refractivity contribution is 5.82. The van der Waals surface area contributed by atoms with Crippen LogP contribution in [0.25, 0.3) is 22.3 Å². The van der Waals surface area contributed by atoms with Gasteiger partial charge in [-0.05, 0) is 26.0 Å². The summed E-state index contributed by atoms with van der Waals surface area (Å²) in [4.78, 5) is 24.6. The topological polar surface area (TPSA) is 65.7 Å². The summed E-state index contributed by atoms with van der Waals surface area (Å²) >= 11 is 0. The van der Waals surface area contributed by atoms with Crippen molar-refractivity contribution in [3.8, 4) is 17.1 Å². The minimum absolute atomic E-state index is 0.000420. The number of fused-ring (bicyclic) bond motifs is 1. The van der Waals surface area contributed by atoms with E-state index in [-0.39, 0.29) is 11.2 Å². The van der Waals surface area contributed by atoms with Crippen LogP contribution in [0.3, 0.4) is 0 Å². The normalized spacial score (nSPS) is 12.0. The molecule has 2 aromatic carbocycles. The van der Waals surface area contributed by atoms with E-state index < -0.39 is 12.1 Å². The van der Waals surface area contributed by atoms with Crippen LogP contribution in [0.2, 0.25) is 0 Å². The molecule has 1 unspecified atom stereocenters. The molecule has 5 nitrogen and oxygen atoms in total. The number of hydrogen-bond acceptors (Lipinski definition) is 5. The predicted octanol–water partition coefficient (Wildman–Crippen LogP) is 3.71. The Hall–Kier alpha value is -3.08. The van der Waals surface area contributed by atoms with Crippen molar-refractivity contribution >= 4 is 16.9 Å². The fourth-order valence-corrected chi connectivity index (χ4v) is 2.52. The van der Waals surface area contributed by atoms with Gasteiger partial charge in [0.2, 0.25) is 11.2 Å². The zero-order valence-corrected chi connectivity index (χ0v) is 14.2.